The molecule has 1 aliphatic heterocycles. The van der Waals surface area contributed by atoms with Gasteiger partial charge < -0.3 is 15.8 Å². The molecule has 0 spiro atoms. The highest BCUT2D eigenvalue weighted by molar-refractivity contribution is 5.95. The molecule has 1 aromatic rings. The second kappa shape index (κ2) is 8.63. The molecule has 122 valence electrons. The third-order valence-corrected chi connectivity index (χ3v) is 3.93. The summed E-state index contributed by atoms with van der Waals surface area (Å²) in [6.45, 7) is 6.51. The molecule has 5 nitrogen and oxygen atoms in total. The molecule has 1 amide bonds. The molecule has 1 saturated heterocycles. The lowest BCUT2D eigenvalue weighted by atomic mass is 10.1. The van der Waals surface area contributed by atoms with E-state index in [2.05, 4.69) is 10.2 Å². The van der Waals surface area contributed by atoms with Crippen molar-refractivity contribution in [3.05, 3.63) is 23.8 Å². The number of piperidine rings is 1. The zero-order valence-electron chi connectivity index (χ0n) is 13.4. The summed E-state index contributed by atoms with van der Waals surface area (Å²) in [5, 5.41) is 2.86. The topological polar surface area (TPSA) is 67.6 Å². The van der Waals surface area contributed by atoms with Crippen molar-refractivity contribution in [1.29, 1.82) is 0 Å². The number of likely N-dealkylation sites (tertiary alicyclic amines) is 1. The quantitative estimate of drug-likeness (QED) is 0.758. The molecular weight excluding hydrogens is 278 g/mol. The lowest BCUT2D eigenvalue weighted by Gasteiger charge is -2.26. The predicted octanol–water partition coefficient (Wildman–Crippen LogP) is 2.27. The molecule has 0 aliphatic carbocycles. The maximum absolute atomic E-state index is 12.0. The SMILES string of the molecule is CCCNC(=O)c1ccc(N)c(OCCN2CCCCC2)c1. The van der Waals surface area contributed by atoms with Crippen LogP contribution < -0.4 is 15.8 Å². The Balaban J connectivity index is 1.87. The van der Waals surface area contributed by atoms with E-state index < -0.39 is 0 Å². The van der Waals surface area contributed by atoms with Crippen molar-refractivity contribution in [2.24, 2.45) is 0 Å². The van der Waals surface area contributed by atoms with Gasteiger partial charge in [0.15, 0.2) is 0 Å². The molecular formula is C17H27N3O2. The molecule has 0 unspecified atom stereocenters. The van der Waals surface area contributed by atoms with Gasteiger partial charge in [-0.15, -0.1) is 0 Å². The van der Waals surface area contributed by atoms with E-state index in [0.717, 1.165) is 26.1 Å². The molecule has 1 fully saturated rings. The molecule has 5 heteroatoms. The summed E-state index contributed by atoms with van der Waals surface area (Å²) in [5.74, 6) is 0.517. The van der Waals surface area contributed by atoms with E-state index in [-0.39, 0.29) is 5.91 Å². The minimum Gasteiger partial charge on any atom is -0.490 e. The first-order valence-electron chi connectivity index (χ1n) is 8.23. The van der Waals surface area contributed by atoms with Gasteiger partial charge in [-0.3, -0.25) is 9.69 Å². The van der Waals surface area contributed by atoms with Crippen LogP contribution in [0, 0.1) is 0 Å². The monoisotopic (exact) mass is 305 g/mol. The predicted molar refractivity (Wildman–Crippen MR) is 89.3 cm³/mol. The van der Waals surface area contributed by atoms with Crippen molar-refractivity contribution < 1.29 is 9.53 Å². The maximum Gasteiger partial charge on any atom is 0.251 e. The number of nitrogens with one attached hydrogen (secondary N) is 1. The third kappa shape index (κ3) is 4.91. The van der Waals surface area contributed by atoms with E-state index >= 15 is 0 Å². The Labute approximate surface area is 132 Å². The average Bonchev–Trinajstić information content (AvgIpc) is 2.55. The van der Waals surface area contributed by atoms with Crippen molar-refractivity contribution in [3.63, 3.8) is 0 Å². The van der Waals surface area contributed by atoms with Gasteiger partial charge in [-0.1, -0.05) is 13.3 Å². The number of amides is 1. The molecule has 0 bridgehead atoms. The largest absolute Gasteiger partial charge is 0.490 e. The van der Waals surface area contributed by atoms with Gasteiger partial charge in [-0.25, -0.2) is 0 Å². The van der Waals surface area contributed by atoms with E-state index in [1.54, 1.807) is 18.2 Å². The maximum atomic E-state index is 12.0. The van der Waals surface area contributed by atoms with Crippen LogP contribution in [-0.2, 0) is 0 Å². The van der Waals surface area contributed by atoms with Crippen molar-refractivity contribution in [1.82, 2.24) is 10.2 Å². The molecule has 0 radical (unpaired) electrons. The average molecular weight is 305 g/mol. The fraction of sp³-hybridized carbons (Fsp3) is 0.588. The van der Waals surface area contributed by atoms with E-state index in [1.807, 2.05) is 6.92 Å². The van der Waals surface area contributed by atoms with Crippen LogP contribution in [0.1, 0.15) is 43.0 Å². The van der Waals surface area contributed by atoms with Crippen LogP contribution in [0.25, 0.3) is 0 Å². The first-order chi connectivity index (χ1) is 10.7. The summed E-state index contributed by atoms with van der Waals surface area (Å²) < 4.78 is 5.79. The number of ether oxygens (including phenoxy) is 1. The first kappa shape index (κ1) is 16.6. The lowest BCUT2D eigenvalue weighted by molar-refractivity contribution is 0.0953. The van der Waals surface area contributed by atoms with Crippen LogP contribution in [0.5, 0.6) is 5.75 Å². The fourth-order valence-corrected chi connectivity index (χ4v) is 2.61. The summed E-state index contributed by atoms with van der Waals surface area (Å²) in [6, 6.07) is 5.20. The zero-order valence-corrected chi connectivity index (χ0v) is 13.4. The summed E-state index contributed by atoms with van der Waals surface area (Å²) in [7, 11) is 0. The van der Waals surface area contributed by atoms with Crippen LogP contribution in [0.2, 0.25) is 0 Å². The van der Waals surface area contributed by atoms with E-state index in [1.165, 1.54) is 19.3 Å². The molecule has 3 N–H and O–H groups in total. The molecule has 1 heterocycles. The van der Waals surface area contributed by atoms with Gasteiger partial charge in [-0.05, 0) is 50.6 Å². The fourth-order valence-electron chi connectivity index (χ4n) is 2.61. The van der Waals surface area contributed by atoms with Crippen molar-refractivity contribution in [2.45, 2.75) is 32.6 Å². The number of carbonyl (C=O) groups is 1. The van der Waals surface area contributed by atoms with Gasteiger partial charge in [0.25, 0.3) is 5.91 Å². The number of rotatable bonds is 7. The second-order valence-electron chi connectivity index (χ2n) is 5.76. The highest BCUT2D eigenvalue weighted by Gasteiger charge is 2.11. The van der Waals surface area contributed by atoms with Crippen molar-refractivity contribution in [3.8, 4) is 5.75 Å². The van der Waals surface area contributed by atoms with Gasteiger partial charge in [0, 0.05) is 18.7 Å². The van der Waals surface area contributed by atoms with E-state index in [4.69, 9.17) is 10.5 Å². The Bertz CT molecular complexity index is 485. The van der Waals surface area contributed by atoms with Gasteiger partial charge in [-0.2, -0.15) is 0 Å². The Morgan fingerprint density at radius 2 is 2.09 bits per heavy atom. The number of benzene rings is 1. The summed E-state index contributed by atoms with van der Waals surface area (Å²) in [6.07, 6.45) is 4.80. The number of nitrogen functional groups attached to an aromatic ring is 1. The van der Waals surface area contributed by atoms with Crippen molar-refractivity contribution in [2.75, 3.05) is 38.5 Å². The summed E-state index contributed by atoms with van der Waals surface area (Å²) in [4.78, 5) is 14.4. The number of carbonyl (C=O) groups excluding carboxylic acids is 1. The van der Waals surface area contributed by atoms with Crippen LogP contribution in [0.15, 0.2) is 18.2 Å². The zero-order chi connectivity index (χ0) is 15.8. The standard InChI is InChI=1S/C17H27N3O2/c1-2-8-19-17(21)14-6-7-15(18)16(13-14)22-12-11-20-9-4-3-5-10-20/h6-7,13H,2-5,8-12,18H2,1H3,(H,19,21). The Morgan fingerprint density at radius 1 is 1.32 bits per heavy atom. The molecule has 2 rings (SSSR count). The first-order valence-corrected chi connectivity index (χ1v) is 8.23. The minimum atomic E-state index is -0.0808. The van der Waals surface area contributed by atoms with Crippen molar-refractivity contribution >= 4 is 11.6 Å². The number of hydrogen-bond donors (Lipinski definition) is 2. The number of hydrogen-bond acceptors (Lipinski definition) is 4. The van der Waals surface area contributed by atoms with Gasteiger partial charge in [0.2, 0.25) is 0 Å². The van der Waals surface area contributed by atoms with E-state index in [9.17, 15) is 4.79 Å². The van der Waals surface area contributed by atoms with Gasteiger partial charge in [0.1, 0.15) is 12.4 Å². The summed E-state index contributed by atoms with van der Waals surface area (Å²) >= 11 is 0. The number of anilines is 1. The highest BCUT2D eigenvalue weighted by atomic mass is 16.5. The number of nitrogens with two attached hydrogens (primary N) is 1. The molecule has 0 aromatic heterocycles. The van der Waals surface area contributed by atoms with Gasteiger partial charge in [0.05, 0.1) is 5.69 Å². The number of nitrogens with zero attached hydrogens (tertiary/aromatic N) is 1. The van der Waals surface area contributed by atoms with Crippen LogP contribution >= 0.6 is 0 Å². The molecule has 22 heavy (non-hydrogen) atoms. The highest BCUT2D eigenvalue weighted by Crippen LogP contribution is 2.23. The Morgan fingerprint density at radius 3 is 2.82 bits per heavy atom. The Hall–Kier alpha value is -1.75. The second-order valence-corrected chi connectivity index (χ2v) is 5.76. The molecule has 1 aromatic carbocycles. The van der Waals surface area contributed by atoms with Crippen LogP contribution in [0.4, 0.5) is 5.69 Å². The van der Waals surface area contributed by atoms with Crippen LogP contribution in [-0.4, -0.2) is 43.6 Å². The van der Waals surface area contributed by atoms with E-state index in [0.29, 0.717) is 30.2 Å². The molecule has 0 saturated carbocycles. The Kier molecular flexibility index (Phi) is 6.52. The normalized spacial score (nSPS) is 15.5. The summed E-state index contributed by atoms with van der Waals surface area (Å²) in [5.41, 5.74) is 7.11. The van der Waals surface area contributed by atoms with Gasteiger partial charge >= 0.3 is 0 Å². The lowest BCUT2D eigenvalue weighted by Crippen LogP contribution is -2.33. The molecule has 1 aliphatic rings. The molecule has 0 atom stereocenters. The smallest absolute Gasteiger partial charge is 0.251 e. The third-order valence-electron chi connectivity index (χ3n) is 3.93. The van der Waals surface area contributed by atoms with Crippen LogP contribution in [0.3, 0.4) is 0 Å². The minimum absolute atomic E-state index is 0.0808.